The van der Waals surface area contributed by atoms with Crippen LogP contribution in [0.4, 0.5) is 27.8 Å². The molecule has 2 amide bonds. The van der Waals surface area contributed by atoms with E-state index in [0.29, 0.717) is 40.6 Å². The zero-order valence-electron chi connectivity index (χ0n) is 24.1. The number of aryl methyl sites for hydroxylation is 2. The number of amides is 2. The summed E-state index contributed by atoms with van der Waals surface area (Å²) in [5.41, 5.74) is 5.47. The lowest BCUT2D eigenvalue weighted by atomic mass is 10.0. The Morgan fingerprint density at radius 3 is 2.71 bits per heavy atom. The normalized spacial score (nSPS) is 10.5. The van der Waals surface area contributed by atoms with E-state index in [1.165, 1.54) is 20.2 Å². The third-order valence-corrected chi connectivity index (χ3v) is 6.63. The fourth-order valence-electron chi connectivity index (χ4n) is 4.58. The van der Waals surface area contributed by atoms with Crippen molar-refractivity contribution in [1.29, 1.82) is 5.26 Å². The molecule has 0 radical (unpaired) electrons. The van der Waals surface area contributed by atoms with Gasteiger partial charge in [0.2, 0.25) is 11.9 Å². The zero-order valence-corrected chi connectivity index (χ0v) is 24.1. The van der Waals surface area contributed by atoms with E-state index in [-0.39, 0.29) is 12.6 Å². The van der Waals surface area contributed by atoms with Crippen LogP contribution in [0.3, 0.4) is 0 Å². The van der Waals surface area contributed by atoms with Crippen LogP contribution in [-0.4, -0.2) is 60.9 Å². The second kappa shape index (κ2) is 12.7. The quantitative estimate of drug-likeness (QED) is 0.236. The average Bonchev–Trinajstić information content (AvgIpc) is 3.29. The van der Waals surface area contributed by atoms with Gasteiger partial charge >= 0.3 is 6.09 Å². The Labute approximate surface area is 243 Å². The van der Waals surface area contributed by atoms with Crippen molar-refractivity contribution in [3.63, 3.8) is 0 Å². The van der Waals surface area contributed by atoms with Gasteiger partial charge in [-0.2, -0.15) is 5.26 Å². The fraction of sp³-hybridized carbons (Fsp3) is 0.233. The predicted octanol–water partition coefficient (Wildman–Crippen LogP) is 4.48. The van der Waals surface area contributed by atoms with Gasteiger partial charge in [-0.3, -0.25) is 4.79 Å². The largest absolute Gasteiger partial charge is 0.494 e. The summed E-state index contributed by atoms with van der Waals surface area (Å²) in [5, 5.41) is 19.2. The Morgan fingerprint density at radius 2 is 2.02 bits per heavy atom. The first kappa shape index (κ1) is 29.4. The van der Waals surface area contributed by atoms with Crippen molar-refractivity contribution in [2.75, 3.05) is 49.9 Å². The smallest absolute Gasteiger partial charge is 0.406 e. The first-order valence-corrected chi connectivity index (χ1v) is 13.0. The van der Waals surface area contributed by atoms with Gasteiger partial charge in [-0.1, -0.05) is 6.58 Å². The van der Waals surface area contributed by atoms with Gasteiger partial charge in [0, 0.05) is 50.6 Å². The van der Waals surface area contributed by atoms with Gasteiger partial charge in [0.05, 0.1) is 47.5 Å². The molecule has 0 atom stereocenters. The maximum Gasteiger partial charge on any atom is 0.406 e. The number of hydrogen-bond donors (Lipinski definition) is 3. The van der Waals surface area contributed by atoms with Gasteiger partial charge in [0.1, 0.15) is 18.4 Å². The summed E-state index contributed by atoms with van der Waals surface area (Å²) in [6.07, 6.45) is 4.25. The molecule has 2 heterocycles. The maximum atomic E-state index is 12.3. The van der Waals surface area contributed by atoms with E-state index in [4.69, 9.17) is 14.5 Å². The molecule has 2 aromatic heterocycles. The minimum Gasteiger partial charge on any atom is -0.494 e. The Morgan fingerprint density at radius 1 is 1.24 bits per heavy atom. The van der Waals surface area contributed by atoms with Crippen molar-refractivity contribution < 1.29 is 19.1 Å². The zero-order chi connectivity index (χ0) is 30.4. The van der Waals surface area contributed by atoms with Crippen LogP contribution < -0.4 is 25.6 Å². The van der Waals surface area contributed by atoms with Crippen molar-refractivity contribution >= 4 is 45.9 Å². The molecule has 0 unspecified atom stereocenters. The molecule has 0 fully saturated rings. The van der Waals surface area contributed by atoms with Crippen LogP contribution in [0.5, 0.6) is 5.75 Å². The van der Waals surface area contributed by atoms with Gasteiger partial charge in [0.15, 0.2) is 0 Å². The van der Waals surface area contributed by atoms with Crippen LogP contribution in [-0.2, 0) is 16.6 Å². The summed E-state index contributed by atoms with van der Waals surface area (Å²) in [7, 11) is 6.73. The van der Waals surface area contributed by atoms with Gasteiger partial charge in [-0.15, -0.1) is 0 Å². The van der Waals surface area contributed by atoms with E-state index < -0.39 is 12.0 Å². The number of fused-ring (bicyclic) bond motifs is 1. The van der Waals surface area contributed by atoms with Crippen molar-refractivity contribution in [1.82, 2.24) is 19.9 Å². The Bertz CT molecular complexity index is 1710. The molecule has 42 heavy (non-hydrogen) atoms. The van der Waals surface area contributed by atoms with Crippen LogP contribution in [0.2, 0.25) is 0 Å². The minimum absolute atomic E-state index is 0.121. The van der Waals surface area contributed by atoms with Crippen LogP contribution in [0.1, 0.15) is 11.1 Å². The number of likely N-dealkylation sites (N-methyl/N-ethyl adjacent to an activating group) is 1. The van der Waals surface area contributed by atoms with Gasteiger partial charge in [-0.05, 0) is 42.8 Å². The molecular weight excluding hydrogens is 536 g/mol. The first-order chi connectivity index (χ1) is 20.2. The van der Waals surface area contributed by atoms with E-state index in [1.807, 2.05) is 41.8 Å². The number of aromatic nitrogens is 3. The van der Waals surface area contributed by atoms with Crippen LogP contribution in [0, 0.1) is 18.3 Å². The Hall–Kier alpha value is -5.57. The molecule has 12 nitrogen and oxygen atoms in total. The van der Waals surface area contributed by atoms with Gasteiger partial charge < -0.3 is 34.9 Å². The summed E-state index contributed by atoms with van der Waals surface area (Å²) in [4.78, 5) is 34.6. The number of carbonyl (C=O) groups is 2. The molecule has 0 aliphatic rings. The number of hydrogen-bond acceptors (Lipinski definition) is 9. The number of carbonyl (C=O) groups excluding carboxylic acids is 2. The number of nitrogens with one attached hydrogen (secondary N) is 3. The van der Waals surface area contributed by atoms with E-state index in [1.54, 1.807) is 31.4 Å². The summed E-state index contributed by atoms with van der Waals surface area (Å²) in [6, 6.07) is 11.4. The monoisotopic (exact) mass is 568 g/mol. The number of rotatable bonds is 10. The summed E-state index contributed by atoms with van der Waals surface area (Å²) >= 11 is 0. The van der Waals surface area contributed by atoms with Crippen molar-refractivity contribution in [3.05, 3.63) is 66.5 Å². The Kier molecular flexibility index (Phi) is 8.92. The highest BCUT2D eigenvalue weighted by Crippen LogP contribution is 2.38. The fourth-order valence-corrected chi connectivity index (χ4v) is 4.58. The maximum absolute atomic E-state index is 12.3. The Balaban J connectivity index is 1.69. The SMILES string of the molecule is C=CC(=O)Nc1cc(Nc2nccc(-c3cc(C#N)c4c(c3)c(C)cn4C)n2)c(OC)cc1N(C)CCOC(=O)NC. The molecule has 0 saturated heterocycles. The van der Waals surface area contributed by atoms with E-state index >= 15 is 0 Å². The number of methoxy groups -OCH3 is 1. The third-order valence-electron chi connectivity index (χ3n) is 6.63. The number of nitriles is 1. The lowest BCUT2D eigenvalue weighted by molar-refractivity contribution is -0.111. The summed E-state index contributed by atoms with van der Waals surface area (Å²) in [6.45, 7) is 6.01. The van der Waals surface area contributed by atoms with Crippen LogP contribution in [0.15, 0.2) is 55.4 Å². The first-order valence-electron chi connectivity index (χ1n) is 13.0. The molecule has 2 aromatic carbocycles. The number of benzene rings is 2. The summed E-state index contributed by atoms with van der Waals surface area (Å²) < 4.78 is 12.7. The average molecular weight is 569 g/mol. The second-order valence-corrected chi connectivity index (χ2v) is 9.42. The molecule has 0 aliphatic heterocycles. The molecule has 3 N–H and O–H groups in total. The molecule has 4 rings (SSSR count). The molecule has 0 aliphatic carbocycles. The highest BCUT2D eigenvalue weighted by Gasteiger charge is 2.18. The van der Waals surface area contributed by atoms with E-state index in [0.717, 1.165) is 22.0 Å². The number of nitrogens with zero attached hydrogens (tertiary/aromatic N) is 5. The van der Waals surface area contributed by atoms with Gasteiger partial charge in [0.25, 0.3) is 0 Å². The number of anilines is 4. The minimum atomic E-state index is -0.536. The van der Waals surface area contributed by atoms with E-state index in [9.17, 15) is 14.9 Å². The van der Waals surface area contributed by atoms with Crippen molar-refractivity contribution in [2.45, 2.75) is 6.92 Å². The molecule has 4 aromatic rings. The molecule has 0 bridgehead atoms. The van der Waals surface area contributed by atoms with Crippen molar-refractivity contribution in [3.8, 4) is 23.1 Å². The molecular formula is C30H32N8O4. The molecule has 12 heteroatoms. The molecule has 0 spiro atoms. The molecule has 0 saturated carbocycles. The number of alkyl carbamates (subject to hydrolysis) is 1. The third kappa shape index (κ3) is 6.26. The topological polar surface area (TPSA) is 146 Å². The second-order valence-electron chi connectivity index (χ2n) is 9.42. The highest BCUT2D eigenvalue weighted by atomic mass is 16.5. The van der Waals surface area contributed by atoms with Crippen LogP contribution in [0.25, 0.3) is 22.2 Å². The van der Waals surface area contributed by atoms with Crippen molar-refractivity contribution in [2.24, 2.45) is 7.05 Å². The van der Waals surface area contributed by atoms with E-state index in [2.05, 4.69) is 33.6 Å². The highest BCUT2D eigenvalue weighted by molar-refractivity contribution is 6.02. The van der Waals surface area contributed by atoms with Crippen LogP contribution >= 0.6 is 0 Å². The number of ether oxygens (including phenoxy) is 2. The predicted molar refractivity (Wildman–Crippen MR) is 162 cm³/mol. The lowest BCUT2D eigenvalue weighted by Crippen LogP contribution is -2.28. The van der Waals surface area contributed by atoms with Gasteiger partial charge in [-0.25, -0.2) is 14.8 Å². The lowest BCUT2D eigenvalue weighted by Gasteiger charge is -2.24. The summed E-state index contributed by atoms with van der Waals surface area (Å²) in [5.74, 6) is 0.346. The standard InChI is InChI=1S/C30H32N8O4/c1-7-27(39)34-23-14-24(26(41-6)15-25(23)37(4)10-11-42-30(40)32-3)36-29-33-9-8-22(35-29)19-12-20(16-31)28-21(13-19)18(2)17-38(28)5/h7-9,12-15,17H,1,10-11H2,2-6H3,(H,32,40)(H,34,39)(H,33,35,36). The molecule has 216 valence electrons.